The highest BCUT2D eigenvalue weighted by molar-refractivity contribution is 7.14. The van der Waals surface area contributed by atoms with Crippen LogP contribution >= 0.6 is 11.3 Å². The van der Waals surface area contributed by atoms with Gasteiger partial charge in [-0.05, 0) is 99.4 Å². The number of carboxylic acids is 1. The van der Waals surface area contributed by atoms with Crippen LogP contribution < -0.4 is 10.1 Å². The molecule has 0 atom stereocenters. The number of thiazole rings is 1. The van der Waals surface area contributed by atoms with E-state index in [0.29, 0.717) is 37.2 Å². The largest absolute Gasteiger partial charge is 0.490 e. The van der Waals surface area contributed by atoms with Crippen molar-refractivity contribution in [2.24, 2.45) is 5.16 Å². The summed E-state index contributed by atoms with van der Waals surface area (Å²) in [5.41, 5.74) is -2.16. The zero-order chi connectivity index (χ0) is 38.1. The fraction of sp³-hybridized carbons (Fsp3) is 0.559. The molecule has 0 aliphatic carbocycles. The van der Waals surface area contributed by atoms with Crippen LogP contribution in [0.25, 0.3) is 0 Å². The van der Waals surface area contributed by atoms with Crippen molar-refractivity contribution in [3.63, 3.8) is 0 Å². The number of piperidine rings is 1. The number of benzene rings is 1. The van der Waals surface area contributed by atoms with Gasteiger partial charge in [0.2, 0.25) is 5.71 Å². The lowest BCUT2D eigenvalue weighted by Crippen LogP contribution is -2.52. The Morgan fingerprint density at radius 1 is 0.941 bits per heavy atom. The summed E-state index contributed by atoms with van der Waals surface area (Å²) in [6, 6.07) is 6.15. The standard InChI is InChI=1S/C34H48N6O10S/c1-32(2,3)48-29(43)37-28-36-24(20-51-28)25(27(41)42)38-47-19-18-46-23-12-10-21(11-13-23)26(35)40(31(45)50-34(7,8)9)22-14-16-39(17-15-22)30(44)49-33(4,5)6/h10-13,20,22,35H,14-19H2,1-9H3,(H,41,42)(H,36,37,43)/b35-26?,38-25-. The molecule has 2 aromatic rings. The van der Waals surface area contributed by atoms with E-state index in [-0.39, 0.29) is 35.9 Å². The first kappa shape index (κ1) is 40.5. The number of rotatable bonds is 10. The van der Waals surface area contributed by atoms with Crippen LogP contribution in [0.15, 0.2) is 34.8 Å². The van der Waals surface area contributed by atoms with E-state index in [2.05, 4.69) is 15.5 Å². The Hall–Kier alpha value is -4.93. The normalized spacial score (nSPS) is 14.3. The first-order valence-electron chi connectivity index (χ1n) is 16.3. The quantitative estimate of drug-likeness (QED) is 0.0809. The van der Waals surface area contributed by atoms with Gasteiger partial charge in [0.15, 0.2) is 11.7 Å². The second-order valence-corrected chi connectivity index (χ2v) is 15.4. The zero-order valence-corrected chi connectivity index (χ0v) is 31.3. The highest BCUT2D eigenvalue weighted by Gasteiger charge is 2.36. The second-order valence-electron chi connectivity index (χ2n) is 14.5. The highest BCUT2D eigenvalue weighted by Crippen LogP contribution is 2.25. The Bertz CT molecular complexity index is 1580. The van der Waals surface area contributed by atoms with Gasteiger partial charge in [-0.15, -0.1) is 11.3 Å². The summed E-state index contributed by atoms with van der Waals surface area (Å²) < 4.78 is 22.0. The number of carbonyl (C=O) groups excluding carboxylic acids is 3. The maximum atomic E-state index is 13.4. The van der Waals surface area contributed by atoms with Crippen LogP contribution in [0.2, 0.25) is 0 Å². The van der Waals surface area contributed by atoms with Gasteiger partial charge in [-0.2, -0.15) is 0 Å². The van der Waals surface area contributed by atoms with Crippen LogP contribution in [-0.2, 0) is 23.8 Å². The number of nitrogens with zero attached hydrogens (tertiary/aromatic N) is 4. The van der Waals surface area contributed by atoms with Crippen molar-refractivity contribution in [2.45, 2.75) is 98.0 Å². The molecular weight excluding hydrogens is 684 g/mol. The molecule has 280 valence electrons. The van der Waals surface area contributed by atoms with Gasteiger partial charge in [0.25, 0.3) is 0 Å². The average molecular weight is 733 g/mol. The Morgan fingerprint density at radius 2 is 1.53 bits per heavy atom. The molecule has 1 aromatic heterocycles. The summed E-state index contributed by atoms with van der Waals surface area (Å²) in [7, 11) is 0. The molecular formula is C34H48N6O10S. The number of carboxylic acid groups (broad SMARTS) is 1. The van der Waals surface area contributed by atoms with Crippen LogP contribution in [0, 0.1) is 5.41 Å². The number of amides is 3. The molecule has 1 saturated heterocycles. The van der Waals surface area contributed by atoms with Crippen molar-refractivity contribution >= 4 is 52.3 Å². The number of nitrogens with one attached hydrogen (secondary N) is 2. The van der Waals surface area contributed by atoms with Gasteiger partial charge < -0.3 is 33.8 Å². The van der Waals surface area contributed by atoms with Crippen LogP contribution in [-0.4, -0.2) is 105 Å². The predicted octanol–water partition coefficient (Wildman–Crippen LogP) is 6.34. The summed E-state index contributed by atoms with van der Waals surface area (Å²) in [4.78, 5) is 61.9. The third-order valence-corrected chi connectivity index (χ3v) is 7.35. The van der Waals surface area contributed by atoms with Crippen molar-refractivity contribution in [1.29, 1.82) is 5.41 Å². The number of aliphatic carboxylic acids is 1. The summed E-state index contributed by atoms with van der Waals surface area (Å²) in [6.07, 6.45) is -0.942. The molecule has 3 amide bonds. The molecule has 1 aliphatic rings. The minimum Gasteiger partial charge on any atom is -0.490 e. The number of anilines is 1. The summed E-state index contributed by atoms with van der Waals surface area (Å²) >= 11 is 1.000. The first-order valence-corrected chi connectivity index (χ1v) is 17.2. The van der Waals surface area contributed by atoms with Gasteiger partial charge in [-0.25, -0.2) is 24.2 Å². The molecule has 0 spiro atoms. The maximum Gasteiger partial charge on any atom is 0.416 e. The van der Waals surface area contributed by atoms with Crippen molar-refractivity contribution in [3.8, 4) is 5.75 Å². The van der Waals surface area contributed by atoms with Crippen LogP contribution in [0.4, 0.5) is 19.5 Å². The molecule has 3 N–H and O–H groups in total. The Balaban J connectivity index is 1.59. The first-order chi connectivity index (χ1) is 23.6. The molecule has 51 heavy (non-hydrogen) atoms. The number of oxime groups is 1. The molecule has 3 rings (SSSR count). The van der Waals surface area contributed by atoms with E-state index in [1.54, 1.807) is 91.5 Å². The molecule has 2 heterocycles. The second kappa shape index (κ2) is 16.9. The molecule has 0 radical (unpaired) electrons. The van der Waals surface area contributed by atoms with Gasteiger partial charge in [-0.1, -0.05) is 5.16 Å². The van der Waals surface area contributed by atoms with Crippen LogP contribution in [0.5, 0.6) is 5.75 Å². The van der Waals surface area contributed by atoms with Gasteiger partial charge in [0.1, 0.15) is 40.7 Å². The minimum absolute atomic E-state index is 0.00784. The van der Waals surface area contributed by atoms with E-state index in [4.69, 9.17) is 29.2 Å². The van der Waals surface area contributed by atoms with E-state index in [1.807, 2.05) is 0 Å². The molecule has 0 bridgehead atoms. The van der Waals surface area contributed by atoms with E-state index in [0.717, 1.165) is 11.3 Å². The van der Waals surface area contributed by atoms with Gasteiger partial charge in [0.05, 0.1) is 0 Å². The van der Waals surface area contributed by atoms with E-state index in [1.165, 1.54) is 10.3 Å². The third-order valence-electron chi connectivity index (χ3n) is 6.60. The van der Waals surface area contributed by atoms with Crippen molar-refractivity contribution in [3.05, 3.63) is 40.9 Å². The van der Waals surface area contributed by atoms with Gasteiger partial charge in [-0.3, -0.25) is 15.6 Å². The molecule has 16 nitrogen and oxygen atoms in total. The minimum atomic E-state index is -1.38. The molecule has 17 heteroatoms. The van der Waals surface area contributed by atoms with Crippen molar-refractivity contribution in [2.75, 3.05) is 31.6 Å². The number of amidine groups is 1. The Kier molecular flexibility index (Phi) is 13.4. The molecule has 0 unspecified atom stereocenters. The molecule has 1 fully saturated rings. The lowest BCUT2D eigenvalue weighted by molar-refractivity contribution is -0.129. The predicted molar refractivity (Wildman–Crippen MR) is 190 cm³/mol. The van der Waals surface area contributed by atoms with Gasteiger partial charge >= 0.3 is 24.2 Å². The third kappa shape index (κ3) is 13.4. The van der Waals surface area contributed by atoms with Crippen molar-refractivity contribution in [1.82, 2.24) is 14.8 Å². The number of likely N-dealkylation sites (tertiary alicyclic amines) is 1. The SMILES string of the molecule is CC(C)(C)OC(=O)Nc1nc(/C(=N/OCCOc2ccc(C(=N)N(C(=O)OC(C)(C)C)C3CCN(C(=O)OC(C)(C)C)CC3)cc2)C(=O)O)cs1. The summed E-state index contributed by atoms with van der Waals surface area (Å²) in [5, 5.41) is 26.2. The molecule has 1 aliphatic heterocycles. The van der Waals surface area contributed by atoms with Crippen molar-refractivity contribution < 1.29 is 48.1 Å². The number of aromatic nitrogens is 1. The van der Waals surface area contributed by atoms with E-state index >= 15 is 0 Å². The lowest BCUT2D eigenvalue weighted by Gasteiger charge is -2.39. The van der Waals surface area contributed by atoms with E-state index in [9.17, 15) is 24.3 Å². The number of ether oxygens (including phenoxy) is 4. The Morgan fingerprint density at radius 3 is 2.08 bits per heavy atom. The number of hydrogen-bond donors (Lipinski definition) is 3. The lowest BCUT2D eigenvalue weighted by atomic mass is 10.0. The summed E-state index contributed by atoms with van der Waals surface area (Å²) in [5.74, 6) is -1.00. The maximum absolute atomic E-state index is 13.4. The van der Waals surface area contributed by atoms with Crippen LogP contribution in [0.3, 0.4) is 0 Å². The monoisotopic (exact) mass is 732 g/mol. The number of carbonyl (C=O) groups is 4. The highest BCUT2D eigenvalue weighted by atomic mass is 32.1. The Labute approximate surface area is 301 Å². The molecule has 1 aromatic carbocycles. The van der Waals surface area contributed by atoms with Gasteiger partial charge in [0, 0.05) is 30.1 Å². The number of hydrogen-bond acceptors (Lipinski definition) is 13. The fourth-order valence-electron chi connectivity index (χ4n) is 4.55. The van der Waals surface area contributed by atoms with E-state index < -0.39 is 46.8 Å². The molecule has 0 saturated carbocycles. The summed E-state index contributed by atoms with van der Waals surface area (Å²) in [6.45, 7) is 16.4. The zero-order valence-electron chi connectivity index (χ0n) is 30.5. The van der Waals surface area contributed by atoms with Crippen LogP contribution in [0.1, 0.15) is 86.4 Å². The smallest absolute Gasteiger partial charge is 0.416 e. The fourth-order valence-corrected chi connectivity index (χ4v) is 5.23. The average Bonchev–Trinajstić information content (AvgIpc) is 3.44. The topological polar surface area (TPSA) is 202 Å².